The maximum absolute atomic E-state index is 11.8. The van der Waals surface area contributed by atoms with Crippen molar-refractivity contribution in [2.24, 2.45) is 5.92 Å². The number of carbonyl (C=O) groups is 2. The van der Waals surface area contributed by atoms with E-state index in [4.69, 9.17) is 0 Å². The lowest BCUT2D eigenvalue weighted by atomic mass is 9.96. The first-order valence-corrected chi connectivity index (χ1v) is 5.34. The molecular weight excluding hydrogens is 200 g/mol. The molecule has 0 aromatic heterocycles. The molecule has 2 heteroatoms. The Morgan fingerprint density at radius 2 is 1.69 bits per heavy atom. The molecule has 0 saturated heterocycles. The van der Waals surface area contributed by atoms with E-state index in [0.717, 1.165) is 5.56 Å². The molecule has 0 heterocycles. The largest absolute Gasteiger partial charge is 0.294 e. The van der Waals surface area contributed by atoms with Gasteiger partial charge in [-0.15, -0.1) is 0 Å². The SMILES string of the molecule is CC(=O)/C(=C\c1ccccc1)C(=O)C(C)C. The van der Waals surface area contributed by atoms with E-state index in [1.807, 2.05) is 30.3 Å². The molecule has 0 aliphatic carbocycles. The van der Waals surface area contributed by atoms with Crippen LogP contribution in [0.4, 0.5) is 0 Å². The van der Waals surface area contributed by atoms with E-state index in [1.165, 1.54) is 6.92 Å². The van der Waals surface area contributed by atoms with Crippen LogP contribution < -0.4 is 0 Å². The van der Waals surface area contributed by atoms with Gasteiger partial charge in [-0.2, -0.15) is 0 Å². The second-order valence-corrected chi connectivity index (χ2v) is 4.04. The van der Waals surface area contributed by atoms with E-state index in [0.29, 0.717) is 0 Å². The second-order valence-electron chi connectivity index (χ2n) is 4.04. The van der Waals surface area contributed by atoms with Crippen molar-refractivity contribution in [3.63, 3.8) is 0 Å². The highest BCUT2D eigenvalue weighted by Gasteiger charge is 2.17. The van der Waals surface area contributed by atoms with Crippen LogP contribution >= 0.6 is 0 Å². The molecule has 1 aromatic rings. The molecule has 0 fully saturated rings. The van der Waals surface area contributed by atoms with Crippen LogP contribution in [0.2, 0.25) is 0 Å². The minimum Gasteiger partial charge on any atom is -0.294 e. The van der Waals surface area contributed by atoms with Crippen molar-refractivity contribution in [2.75, 3.05) is 0 Å². The van der Waals surface area contributed by atoms with Gasteiger partial charge in [0.05, 0.1) is 5.57 Å². The van der Waals surface area contributed by atoms with Gasteiger partial charge in [0.15, 0.2) is 11.6 Å². The van der Waals surface area contributed by atoms with Gasteiger partial charge in [0.2, 0.25) is 0 Å². The summed E-state index contributed by atoms with van der Waals surface area (Å²) < 4.78 is 0. The predicted molar refractivity (Wildman–Crippen MR) is 64.9 cm³/mol. The summed E-state index contributed by atoms with van der Waals surface area (Å²) in [4.78, 5) is 23.2. The lowest BCUT2D eigenvalue weighted by molar-refractivity contribution is -0.122. The van der Waals surface area contributed by atoms with E-state index in [2.05, 4.69) is 0 Å². The van der Waals surface area contributed by atoms with Crippen LogP contribution in [0.15, 0.2) is 35.9 Å². The Morgan fingerprint density at radius 3 is 2.12 bits per heavy atom. The maximum atomic E-state index is 11.8. The number of benzene rings is 1. The quantitative estimate of drug-likeness (QED) is 0.440. The molecule has 0 bridgehead atoms. The van der Waals surface area contributed by atoms with E-state index >= 15 is 0 Å². The number of ketones is 2. The number of allylic oxidation sites excluding steroid dienone is 1. The van der Waals surface area contributed by atoms with Gasteiger partial charge in [0.25, 0.3) is 0 Å². The number of hydrogen-bond donors (Lipinski definition) is 0. The first-order valence-electron chi connectivity index (χ1n) is 5.34. The molecule has 0 amide bonds. The van der Waals surface area contributed by atoms with Gasteiger partial charge in [0.1, 0.15) is 0 Å². The number of rotatable bonds is 4. The lowest BCUT2D eigenvalue weighted by Gasteiger charge is -2.06. The molecule has 0 spiro atoms. The van der Waals surface area contributed by atoms with Crippen LogP contribution in [0.3, 0.4) is 0 Å². The fraction of sp³-hybridized carbons (Fsp3) is 0.286. The van der Waals surface area contributed by atoms with Crippen molar-refractivity contribution in [1.29, 1.82) is 0 Å². The minimum atomic E-state index is -0.178. The maximum Gasteiger partial charge on any atom is 0.168 e. The molecule has 1 rings (SSSR count). The number of Topliss-reactive ketones (excluding diaryl/α,β-unsaturated/α-hetero) is 2. The Labute approximate surface area is 96.0 Å². The fourth-order valence-corrected chi connectivity index (χ4v) is 1.37. The molecule has 1 aromatic carbocycles. The normalized spacial score (nSPS) is 11.6. The van der Waals surface area contributed by atoms with Crippen molar-refractivity contribution in [3.8, 4) is 0 Å². The smallest absolute Gasteiger partial charge is 0.168 e. The van der Waals surface area contributed by atoms with Gasteiger partial charge in [0, 0.05) is 5.92 Å². The Kier molecular flexibility index (Phi) is 4.18. The van der Waals surface area contributed by atoms with Gasteiger partial charge in [-0.3, -0.25) is 9.59 Å². The summed E-state index contributed by atoms with van der Waals surface area (Å²) in [5, 5.41) is 0. The first kappa shape index (κ1) is 12.4. The third kappa shape index (κ3) is 3.16. The third-order valence-corrected chi connectivity index (χ3v) is 2.28. The summed E-state index contributed by atoms with van der Waals surface area (Å²) in [6, 6.07) is 9.40. The third-order valence-electron chi connectivity index (χ3n) is 2.28. The average molecular weight is 216 g/mol. The minimum absolute atomic E-state index is 0.101. The van der Waals surface area contributed by atoms with Crippen molar-refractivity contribution in [2.45, 2.75) is 20.8 Å². The fourth-order valence-electron chi connectivity index (χ4n) is 1.37. The highest BCUT2D eigenvalue weighted by Crippen LogP contribution is 2.12. The lowest BCUT2D eigenvalue weighted by Crippen LogP contribution is -2.15. The van der Waals surface area contributed by atoms with Crippen molar-refractivity contribution >= 4 is 17.6 Å². The monoisotopic (exact) mass is 216 g/mol. The highest BCUT2D eigenvalue weighted by atomic mass is 16.1. The van der Waals surface area contributed by atoms with Crippen LogP contribution in [-0.2, 0) is 9.59 Å². The summed E-state index contributed by atoms with van der Waals surface area (Å²) in [5.74, 6) is -0.433. The van der Waals surface area contributed by atoms with Crippen LogP contribution in [0.5, 0.6) is 0 Å². The van der Waals surface area contributed by atoms with Gasteiger partial charge in [-0.25, -0.2) is 0 Å². The summed E-state index contributed by atoms with van der Waals surface area (Å²) >= 11 is 0. The zero-order chi connectivity index (χ0) is 12.1. The van der Waals surface area contributed by atoms with E-state index in [1.54, 1.807) is 19.9 Å². The summed E-state index contributed by atoms with van der Waals surface area (Å²) in [6.07, 6.45) is 1.66. The van der Waals surface area contributed by atoms with Gasteiger partial charge in [-0.05, 0) is 18.6 Å². The first-order chi connectivity index (χ1) is 7.52. The van der Waals surface area contributed by atoms with Crippen LogP contribution in [-0.4, -0.2) is 11.6 Å². The standard InChI is InChI=1S/C14H16O2/c1-10(2)14(16)13(11(3)15)9-12-7-5-4-6-8-12/h4-10H,1-3H3/b13-9+. The molecule has 84 valence electrons. The highest BCUT2D eigenvalue weighted by molar-refractivity contribution is 6.23. The van der Waals surface area contributed by atoms with Crippen LogP contribution in [0.25, 0.3) is 6.08 Å². The molecule has 16 heavy (non-hydrogen) atoms. The molecule has 0 saturated carbocycles. The Bertz CT molecular complexity index is 414. The molecule has 0 radical (unpaired) electrons. The molecule has 0 N–H and O–H groups in total. The van der Waals surface area contributed by atoms with Gasteiger partial charge < -0.3 is 0 Å². The van der Waals surface area contributed by atoms with Crippen molar-refractivity contribution < 1.29 is 9.59 Å². The molecule has 0 aliphatic rings. The van der Waals surface area contributed by atoms with Crippen molar-refractivity contribution in [3.05, 3.63) is 41.5 Å². The molecule has 0 unspecified atom stereocenters. The molecule has 2 nitrogen and oxygen atoms in total. The zero-order valence-corrected chi connectivity index (χ0v) is 9.86. The molecule has 0 atom stereocenters. The topological polar surface area (TPSA) is 34.1 Å². The summed E-state index contributed by atoms with van der Waals surface area (Å²) in [6.45, 7) is 5.02. The van der Waals surface area contributed by atoms with E-state index < -0.39 is 0 Å². The van der Waals surface area contributed by atoms with E-state index in [9.17, 15) is 9.59 Å². The molecule has 0 aliphatic heterocycles. The van der Waals surface area contributed by atoms with Gasteiger partial charge in [-0.1, -0.05) is 44.2 Å². The second kappa shape index (κ2) is 5.40. The molecular formula is C14H16O2. The van der Waals surface area contributed by atoms with Gasteiger partial charge >= 0.3 is 0 Å². The zero-order valence-electron chi connectivity index (χ0n) is 9.86. The average Bonchev–Trinajstić information content (AvgIpc) is 2.26. The predicted octanol–water partition coefficient (Wildman–Crippen LogP) is 2.88. The number of carbonyl (C=O) groups excluding carboxylic acids is 2. The number of hydrogen-bond acceptors (Lipinski definition) is 2. The summed E-state index contributed by atoms with van der Waals surface area (Å²) in [7, 11) is 0. The van der Waals surface area contributed by atoms with Crippen LogP contribution in [0.1, 0.15) is 26.3 Å². The Hall–Kier alpha value is -1.70. The van der Waals surface area contributed by atoms with E-state index in [-0.39, 0.29) is 23.1 Å². The summed E-state index contributed by atoms with van der Waals surface area (Å²) in [5.41, 5.74) is 1.16. The van der Waals surface area contributed by atoms with Crippen molar-refractivity contribution in [1.82, 2.24) is 0 Å². The Balaban J connectivity index is 3.09. The van der Waals surface area contributed by atoms with Crippen LogP contribution in [0, 0.1) is 5.92 Å². The Morgan fingerprint density at radius 1 is 1.12 bits per heavy atom.